The summed E-state index contributed by atoms with van der Waals surface area (Å²) in [5, 5.41) is 7.18. The van der Waals surface area contributed by atoms with Crippen molar-refractivity contribution in [3.8, 4) is 56.7 Å². The molecule has 0 saturated carbocycles. The van der Waals surface area contributed by atoms with Gasteiger partial charge in [0.05, 0.1) is 44.5 Å². The SMILES string of the molecule is C/C=C\C.C1=CCC=C(n2c3ccccc3c3cc(-c4ccc5c(c4)c4ccccc4n5-c4cccc(-c5nc(-c6ccccc6)nc(-c6ccccc6)n5)c4-n4c5ccccc5c5ccccc54)ccc32)C=C1. The van der Waals surface area contributed by atoms with Gasteiger partial charge in [-0.3, -0.25) is 0 Å². The van der Waals surface area contributed by atoms with E-state index in [1.807, 2.05) is 62.4 Å². The van der Waals surface area contributed by atoms with Gasteiger partial charge in [-0.15, -0.1) is 0 Å². The summed E-state index contributed by atoms with van der Waals surface area (Å²) in [5.41, 5.74) is 15.1. The molecule has 0 aliphatic heterocycles. The highest BCUT2D eigenvalue weighted by molar-refractivity contribution is 6.14. The quantitative estimate of drug-likeness (QED) is 0.150. The molecule has 6 nitrogen and oxygen atoms in total. The van der Waals surface area contributed by atoms with Gasteiger partial charge in [0.1, 0.15) is 0 Å². The monoisotopic (exact) mass is 950 g/mol. The molecule has 4 heterocycles. The van der Waals surface area contributed by atoms with Crippen molar-refractivity contribution < 1.29 is 0 Å². The van der Waals surface area contributed by atoms with Crippen LogP contribution in [-0.2, 0) is 0 Å². The molecule has 6 heteroatoms. The third-order valence-corrected chi connectivity index (χ3v) is 14.2. The van der Waals surface area contributed by atoms with Gasteiger partial charge in [-0.1, -0.05) is 188 Å². The van der Waals surface area contributed by atoms with Crippen LogP contribution in [0.25, 0.3) is 128 Å². The number of allylic oxidation sites excluding steroid dienone is 8. The van der Waals surface area contributed by atoms with E-state index in [0.717, 1.165) is 62.1 Å². The van der Waals surface area contributed by atoms with Crippen LogP contribution in [0.1, 0.15) is 20.3 Å². The fourth-order valence-corrected chi connectivity index (χ4v) is 10.8. The molecule has 1 aliphatic rings. The van der Waals surface area contributed by atoms with E-state index >= 15 is 0 Å². The maximum Gasteiger partial charge on any atom is 0.166 e. The van der Waals surface area contributed by atoms with Crippen LogP contribution in [0.3, 0.4) is 0 Å². The standard InChI is InChI=1S/C64H42N6.C4H8/c1-2-10-25-46(24-9-1)68-54-31-15-13-28-49(54)52-40-44(36-38-58(52)68)45-37-39-59-53(41-45)50-29-14-16-32-55(50)69(59)60-35-19-30-51(61(60)70-56-33-17-11-26-47(56)48-27-12-18-34-57(48)70)64-66-62(42-20-5-3-6-21-42)65-63(67-64)43-22-7-4-8-23-43;1-3-4-2/h1-9,11-41H,10H2;3-4H,1-2H3/b;4-3-. The van der Waals surface area contributed by atoms with Gasteiger partial charge in [0.2, 0.25) is 0 Å². The Morgan fingerprint density at radius 2 is 0.811 bits per heavy atom. The topological polar surface area (TPSA) is 53.5 Å². The summed E-state index contributed by atoms with van der Waals surface area (Å²) < 4.78 is 7.26. The second kappa shape index (κ2) is 18.8. The van der Waals surface area contributed by atoms with Crippen molar-refractivity contribution in [1.29, 1.82) is 0 Å². The second-order valence-electron chi connectivity index (χ2n) is 18.6. The fraction of sp³-hybridized carbons (Fsp3) is 0.0441. The Labute approximate surface area is 429 Å². The van der Waals surface area contributed by atoms with Crippen LogP contribution >= 0.6 is 0 Å². The van der Waals surface area contributed by atoms with Crippen LogP contribution in [0.4, 0.5) is 0 Å². The first-order valence-corrected chi connectivity index (χ1v) is 25.3. The van der Waals surface area contributed by atoms with Crippen molar-refractivity contribution in [2.75, 3.05) is 0 Å². The van der Waals surface area contributed by atoms with Gasteiger partial charge in [-0.05, 0) is 98.1 Å². The number of benzene rings is 9. The molecule has 74 heavy (non-hydrogen) atoms. The Bertz CT molecular complexity index is 4290. The predicted octanol–water partition coefficient (Wildman–Crippen LogP) is 17.8. The second-order valence-corrected chi connectivity index (χ2v) is 18.6. The highest BCUT2D eigenvalue weighted by atomic mass is 15.1. The van der Waals surface area contributed by atoms with E-state index in [2.05, 4.69) is 220 Å². The molecule has 0 N–H and O–H groups in total. The molecule has 4 aromatic heterocycles. The Balaban J connectivity index is 0.00000128. The lowest BCUT2D eigenvalue weighted by Gasteiger charge is -2.20. The zero-order chi connectivity index (χ0) is 49.5. The minimum Gasteiger partial charge on any atom is -0.310 e. The molecular formula is C68H50N6. The van der Waals surface area contributed by atoms with E-state index < -0.39 is 0 Å². The third-order valence-electron chi connectivity index (χ3n) is 14.2. The van der Waals surface area contributed by atoms with E-state index in [4.69, 9.17) is 15.0 Å². The first-order valence-electron chi connectivity index (χ1n) is 25.3. The molecule has 0 amide bonds. The lowest BCUT2D eigenvalue weighted by atomic mass is 10.0. The highest BCUT2D eigenvalue weighted by Crippen LogP contribution is 2.43. The molecule has 0 unspecified atom stereocenters. The van der Waals surface area contributed by atoms with Crippen molar-refractivity contribution >= 4 is 71.1 Å². The van der Waals surface area contributed by atoms with Gasteiger partial charge in [-0.2, -0.15) is 0 Å². The van der Waals surface area contributed by atoms with E-state index in [0.29, 0.717) is 17.5 Å². The maximum atomic E-state index is 5.34. The first-order chi connectivity index (χ1) is 36.7. The van der Waals surface area contributed by atoms with E-state index in [-0.39, 0.29) is 0 Å². The van der Waals surface area contributed by atoms with Crippen LogP contribution in [-0.4, -0.2) is 28.7 Å². The summed E-state index contributed by atoms with van der Waals surface area (Å²) in [6.07, 6.45) is 15.9. The molecule has 0 radical (unpaired) electrons. The lowest BCUT2D eigenvalue weighted by molar-refractivity contribution is 1.05. The maximum absolute atomic E-state index is 5.34. The van der Waals surface area contributed by atoms with Gasteiger partial charge in [0.15, 0.2) is 17.5 Å². The molecule has 0 atom stereocenters. The lowest BCUT2D eigenvalue weighted by Crippen LogP contribution is -2.08. The van der Waals surface area contributed by atoms with Crippen LogP contribution in [0.15, 0.2) is 255 Å². The molecule has 0 bridgehead atoms. The summed E-state index contributed by atoms with van der Waals surface area (Å²) >= 11 is 0. The van der Waals surface area contributed by atoms with Crippen molar-refractivity contribution in [2.24, 2.45) is 0 Å². The fourth-order valence-electron chi connectivity index (χ4n) is 10.8. The predicted molar refractivity (Wildman–Crippen MR) is 311 cm³/mol. The number of hydrogen-bond donors (Lipinski definition) is 0. The molecule has 1 aliphatic carbocycles. The minimum absolute atomic E-state index is 0.592. The molecular weight excluding hydrogens is 901 g/mol. The summed E-state index contributed by atoms with van der Waals surface area (Å²) in [5.74, 6) is 1.82. The molecule has 13 aromatic rings. The Hall–Kier alpha value is -9.65. The number of rotatable bonds is 7. The molecule has 14 rings (SSSR count). The van der Waals surface area contributed by atoms with E-state index in [9.17, 15) is 0 Å². The van der Waals surface area contributed by atoms with Gasteiger partial charge in [0, 0.05) is 54.7 Å². The first kappa shape index (κ1) is 44.3. The summed E-state index contributed by atoms with van der Waals surface area (Å²) in [7, 11) is 0. The average molecular weight is 951 g/mol. The molecule has 0 fully saturated rings. The average Bonchev–Trinajstić information content (AvgIpc) is 4.01. The molecule has 9 aromatic carbocycles. The van der Waals surface area contributed by atoms with Gasteiger partial charge < -0.3 is 13.7 Å². The Kier molecular flexibility index (Phi) is 11.3. The zero-order valence-corrected chi connectivity index (χ0v) is 41.1. The van der Waals surface area contributed by atoms with Crippen LogP contribution in [0.2, 0.25) is 0 Å². The van der Waals surface area contributed by atoms with E-state index in [1.54, 1.807) is 0 Å². The Morgan fingerprint density at radius 1 is 0.365 bits per heavy atom. The summed E-state index contributed by atoms with van der Waals surface area (Å²) in [6.45, 7) is 4.00. The smallest absolute Gasteiger partial charge is 0.166 e. The minimum atomic E-state index is 0.592. The Morgan fingerprint density at radius 3 is 1.35 bits per heavy atom. The van der Waals surface area contributed by atoms with Crippen LogP contribution < -0.4 is 0 Å². The van der Waals surface area contributed by atoms with E-state index in [1.165, 1.54) is 54.6 Å². The largest absolute Gasteiger partial charge is 0.310 e. The number of fused-ring (bicyclic) bond motifs is 9. The normalized spacial score (nSPS) is 12.6. The number of nitrogens with zero attached hydrogens (tertiary/aromatic N) is 6. The van der Waals surface area contributed by atoms with Gasteiger partial charge in [-0.25, -0.2) is 15.0 Å². The number of hydrogen-bond acceptors (Lipinski definition) is 3. The van der Waals surface area contributed by atoms with Gasteiger partial charge in [0.25, 0.3) is 0 Å². The van der Waals surface area contributed by atoms with Crippen LogP contribution in [0.5, 0.6) is 0 Å². The molecule has 0 saturated heterocycles. The van der Waals surface area contributed by atoms with Gasteiger partial charge >= 0.3 is 0 Å². The molecule has 352 valence electrons. The summed E-state index contributed by atoms with van der Waals surface area (Å²) in [4.78, 5) is 15.8. The summed E-state index contributed by atoms with van der Waals surface area (Å²) in [6, 6.07) is 75.9. The number of aromatic nitrogens is 6. The zero-order valence-electron chi connectivity index (χ0n) is 41.1. The van der Waals surface area contributed by atoms with Crippen LogP contribution in [0, 0.1) is 0 Å². The highest BCUT2D eigenvalue weighted by Gasteiger charge is 2.25. The van der Waals surface area contributed by atoms with Crippen molar-refractivity contribution in [1.82, 2.24) is 28.7 Å². The third kappa shape index (κ3) is 7.55. The van der Waals surface area contributed by atoms with Crippen molar-refractivity contribution in [3.63, 3.8) is 0 Å². The van der Waals surface area contributed by atoms with Crippen molar-refractivity contribution in [2.45, 2.75) is 20.3 Å². The molecule has 0 spiro atoms. The van der Waals surface area contributed by atoms with Crippen molar-refractivity contribution in [3.05, 3.63) is 255 Å². The number of para-hydroxylation sites is 5.